The molecule has 0 radical (unpaired) electrons. The van der Waals surface area contributed by atoms with E-state index < -0.39 is 25.3 Å². The summed E-state index contributed by atoms with van der Waals surface area (Å²) < 4.78 is 68.8. The van der Waals surface area contributed by atoms with Gasteiger partial charge in [0, 0.05) is 13.0 Å². The van der Waals surface area contributed by atoms with Gasteiger partial charge in [-0.25, -0.2) is 8.78 Å². The summed E-state index contributed by atoms with van der Waals surface area (Å²) in [6.07, 6.45) is -3.44. The van der Waals surface area contributed by atoms with Crippen LogP contribution in [0.1, 0.15) is 13.8 Å². The molecule has 0 aromatic heterocycles. The Morgan fingerprint density at radius 2 is 1.65 bits per heavy atom. The van der Waals surface area contributed by atoms with Gasteiger partial charge in [-0.15, -0.1) is 0 Å². The number of hydrogen-bond donors (Lipinski definition) is 0. The minimum atomic E-state index is -4.45. The highest BCUT2D eigenvalue weighted by Gasteiger charge is 2.28. The van der Waals surface area contributed by atoms with Crippen molar-refractivity contribution in [3.63, 3.8) is 0 Å². The van der Waals surface area contributed by atoms with Crippen molar-refractivity contribution in [2.24, 2.45) is 0 Å². The van der Waals surface area contributed by atoms with Gasteiger partial charge in [-0.3, -0.25) is 0 Å². The largest absolute Gasteiger partial charge is 0.489 e. The summed E-state index contributed by atoms with van der Waals surface area (Å²) in [5.41, 5.74) is 0. The lowest BCUT2D eigenvalue weighted by Crippen LogP contribution is -2.18. The highest BCUT2D eigenvalue weighted by atomic mass is 19.4. The Balaban J connectivity index is 4.08. The minimum absolute atomic E-state index is 0.119. The third-order valence-corrected chi connectivity index (χ3v) is 1.34. The molecule has 0 saturated heterocycles. The molecule has 0 atom stereocenters. The fourth-order valence-electron chi connectivity index (χ4n) is 0.725. The molecule has 0 bridgehead atoms. The smallest absolute Gasteiger partial charge is 0.422 e. The summed E-state index contributed by atoms with van der Waals surface area (Å²) in [6, 6.07) is 0. The van der Waals surface area contributed by atoms with Crippen molar-refractivity contribution in [3.05, 3.63) is 24.2 Å². The summed E-state index contributed by atoms with van der Waals surface area (Å²) >= 11 is 0. The molecule has 7 heteroatoms. The van der Waals surface area contributed by atoms with Crippen LogP contribution in [0.4, 0.5) is 22.0 Å². The highest BCUT2D eigenvalue weighted by molar-refractivity contribution is 5.10. The quantitative estimate of drug-likeness (QED) is 0.412. The monoisotopic (exact) mass is 260 g/mol. The predicted molar refractivity (Wildman–Crippen MR) is 51.5 cm³/mol. The summed E-state index contributed by atoms with van der Waals surface area (Å²) in [4.78, 5) is 0. The van der Waals surface area contributed by atoms with Gasteiger partial charge in [0.15, 0.2) is 13.2 Å². The molecule has 0 unspecified atom stereocenters. The average molecular weight is 260 g/mol. The van der Waals surface area contributed by atoms with Crippen molar-refractivity contribution < 1.29 is 31.4 Å². The van der Waals surface area contributed by atoms with E-state index >= 15 is 0 Å². The van der Waals surface area contributed by atoms with Crippen molar-refractivity contribution in [1.82, 2.24) is 0 Å². The summed E-state index contributed by atoms with van der Waals surface area (Å²) in [5.74, 6) is -3.34. The Morgan fingerprint density at radius 1 is 1.12 bits per heavy atom. The second-order valence-electron chi connectivity index (χ2n) is 3.48. The summed E-state index contributed by atoms with van der Waals surface area (Å²) in [7, 11) is 0. The third kappa shape index (κ3) is 11.0. The first-order valence-corrected chi connectivity index (χ1v) is 4.57. The lowest BCUT2D eigenvalue weighted by molar-refractivity contribution is -0.164. The normalized spacial score (nSPS) is 13.5. The van der Waals surface area contributed by atoms with E-state index in [2.05, 4.69) is 16.1 Å². The van der Waals surface area contributed by atoms with Crippen molar-refractivity contribution in [3.8, 4) is 0 Å². The van der Waals surface area contributed by atoms with Crippen molar-refractivity contribution in [1.29, 1.82) is 0 Å². The van der Waals surface area contributed by atoms with Crippen LogP contribution in [0.5, 0.6) is 0 Å². The molecule has 0 N–H and O–H groups in total. The van der Waals surface area contributed by atoms with Crippen molar-refractivity contribution in [2.75, 3.05) is 13.2 Å². The van der Waals surface area contributed by atoms with E-state index in [0.717, 1.165) is 6.08 Å². The number of hydrogen-bond acceptors (Lipinski definition) is 2. The minimum Gasteiger partial charge on any atom is -0.489 e. The van der Waals surface area contributed by atoms with Gasteiger partial charge in [0.05, 0.1) is 5.76 Å². The lowest BCUT2D eigenvalue weighted by Gasteiger charge is -2.13. The second kappa shape index (κ2) is 5.88. The van der Waals surface area contributed by atoms with E-state index in [9.17, 15) is 22.0 Å². The van der Waals surface area contributed by atoms with Crippen LogP contribution in [0.25, 0.3) is 0 Å². The van der Waals surface area contributed by atoms with Crippen LogP contribution >= 0.6 is 0 Å². The second-order valence-corrected chi connectivity index (χ2v) is 3.48. The maximum atomic E-state index is 12.4. The van der Waals surface area contributed by atoms with Crippen LogP contribution in [0.15, 0.2) is 24.2 Å². The number of halogens is 5. The van der Waals surface area contributed by atoms with Gasteiger partial charge >= 0.3 is 6.18 Å². The van der Waals surface area contributed by atoms with Gasteiger partial charge in [0.1, 0.15) is 5.76 Å². The van der Waals surface area contributed by atoms with E-state index in [4.69, 9.17) is 0 Å². The van der Waals surface area contributed by atoms with Crippen molar-refractivity contribution >= 4 is 0 Å². The molecule has 0 aliphatic carbocycles. The van der Waals surface area contributed by atoms with Crippen molar-refractivity contribution in [2.45, 2.75) is 25.9 Å². The first kappa shape index (κ1) is 15.7. The first-order chi connectivity index (χ1) is 7.49. The van der Waals surface area contributed by atoms with Crippen LogP contribution in [-0.2, 0) is 9.47 Å². The molecule has 0 aromatic rings. The Hall–Kier alpha value is -1.27. The standard InChI is InChI=1S/C10H13F5O2/c1-7(16-5-9(3,11)12)4-8(2)17-6-10(13,14)15/h4H,1,5-6H2,2-3H3/b8-4+. The summed E-state index contributed by atoms with van der Waals surface area (Å²) in [5, 5.41) is 0. The molecule has 0 aliphatic heterocycles. The van der Waals surface area contributed by atoms with Crippen LogP contribution in [0, 0.1) is 0 Å². The molecular weight excluding hydrogens is 247 g/mol. The fourth-order valence-corrected chi connectivity index (χ4v) is 0.725. The molecule has 100 valence electrons. The van der Waals surface area contributed by atoms with Crippen LogP contribution < -0.4 is 0 Å². The molecule has 0 aliphatic rings. The van der Waals surface area contributed by atoms with E-state index in [1.54, 1.807) is 0 Å². The van der Waals surface area contributed by atoms with E-state index in [1.807, 2.05) is 0 Å². The number of allylic oxidation sites excluding steroid dienone is 2. The Kier molecular flexibility index (Phi) is 5.44. The molecule has 2 nitrogen and oxygen atoms in total. The Morgan fingerprint density at radius 3 is 2.06 bits per heavy atom. The van der Waals surface area contributed by atoms with E-state index in [0.29, 0.717) is 6.92 Å². The third-order valence-electron chi connectivity index (χ3n) is 1.34. The zero-order chi connectivity index (χ0) is 13.7. The number of ether oxygens (including phenoxy) is 2. The molecule has 0 saturated carbocycles. The highest BCUT2D eigenvalue weighted by Crippen LogP contribution is 2.17. The SMILES string of the molecule is C=C(/C=C(\C)OCC(F)(F)F)OCC(C)(F)F. The molecule has 0 aromatic carbocycles. The molecule has 17 heavy (non-hydrogen) atoms. The zero-order valence-electron chi connectivity index (χ0n) is 9.40. The molecule has 0 rings (SSSR count). The first-order valence-electron chi connectivity index (χ1n) is 4.57. The molecule has 0 heterocycles. The van der Waals surface area contributed by atoms with Gasteiger partial charge in [-0.1, -0.05) is 6.58 Å². The fraction of sp³-hybridized carbons (Fsp3) is 0.600. The van der Waals surface area contributed by atoms with Gasteiger partial charge in [0.25, 0.3) is 5.92 Å². The van der Waals surface area contributed by atoms with E-state index in [1.165, 1.54) is 6.92 Å². The Labute approximate surface area is 95.7 Å². The topological polar surface area (TPSA) is 18.5 Å². The maximum Gasteiger partial charge on any atom is 0.422 e. The van der Waals surface area contributed by atoms with Crippen LogP contribution in [-0.4, -0.2) is 25.3 Å². The Bertz CT molecular complexity index is 288. The molecule has 0 amide bonds. The van der Waals surface area contributed by atoms with Gasteiger partial charge in [-0.2, -0.15) is 13.2 Å². The maximum absolute atomic E-state index is 12.4. The van der Waals surface area contributed by atoms with Gasteiger partial charge in [0.2, 0.25) is 0 Å². The number of alkyl halides is 5. The molecule has 0 spiro atoms. The van der Waals surface area contributed by atoms with Gasteiger partial charge < -0.3 is 9.47 Å². The number of rotatable bonds is 6. The van der Waals surface area contributed by atoms with Crippen LogP contribution in [0.2, 0.25) is 0 Å². The van der Waals surface area contributed by atoms with Gasteiger partial charge in [-0.05, 0) is 6.92 Å². The van der Waals surface area contributed by atoms with E-state index in [-0.39, 0.29) is 11.5 Å². The lowest BCUT2D eigenvalue weighted by atomic mass is 10.4. The van der Waals surface area contributed by atoms with Crippen LogP contribution in [0.3, 0.4) is 0 Å². The average Bonchev–Trinajstić information content (AvgIpc) is 2.09. The zero-order valence-corrected chi connectivity index (χ0v) is 9.40. The molecular formula is C10H13F5O2. The molecule has 0 fully saturated rings. The predicted octanol–water partition coefficient (Wildman–Crippen LogP) is 3.65. The summed E-state index contributed by atoms with van der Waals surface area (Å²) in [6.45, 7) is 2.79.